The summed E-state index contributed by atoms with van der Waals surface area (Å²) in [7, 11) is 0. The van der Waals surface area contributed by atoms with Crippen molar-refractivity contribution in [1.29, 1.82) is 10.8 Å². The summed E-state index contributed by atoms with van der Waals surface area (Å²) < 4.78 is 85.7. The van der Waals surface area contributed by atoms with Gasteiger partial charge in [-0.2, -0.15) is 13.2 Å². The largest absolute Gasteiger partial charge is 0.523 e. The Bertz CT molecular complexity index is 941. The molecule has 188 valence electrons. The number of allylic oxidation sites excluding steroid dienone is 2. The quantitative estimate of drug-likeness (QED) is 0.197. The van der Waals surface area contributed by atoms with Crippen LogP contribution < -0.4 is 5.49 Å². The molecule has 2 rings (SSSR count). The average molecular weight is 492 g/mol. The van der Waals surface area contributed by atoms with Gasteiger partial charge in [0, 0.05) is 25.8 Å². The van der Waals surface area contributed by atoms with Gasteiger partial charge in [0.15, 0.2) is 0 Å². The van der Waals surface area contributed by atoms with Crippen molar-refractivity contribution in [1.82, 2.24) is 9.47 Å². The van der Waals surface area contributed by atoms with Gasteiger partial charge in [-0.05, 0) is 36.6 Å². The third-order valence-corrected chi connectivity index (χ3v) is 4.57. The number of nitrogens with zero attached hydrogens (tertiary/aromatic N) is 2. The van der Waals surface area contributed by atoms with Crippen LogP contribution in [0.3, 0.4) is 0 Å². The summed E-state index contributed by atoms with van der Waals surface area (Å²) in [5.74, 6) is -1.74. The summed E-state index contributed by atoms with van der Waals surface area (Å²) in [5, 5.41) is 15.0. The molecule has 0 aromatic carbocycles. The zero-order valence-corrected chi connectivity index (χ0v) is 18.4. The monoisotopic (exact) mass is 492 g/mol. The Hall–Kier alpha value is -2.88. The SMILES string of the molecule is C#C.CC(/C=C\C(=C/CCN1CCOCC1)c1ccc(=N)n(C(=N)C(F)(F)F)c1)OC(F)(F)F. The second kappa shape index (κ2) is 13.1. The smallest absolute Gasteiger partial charge is 0.379 e. The van der Waals surface area contributed by atoms with Crippen LogP contribution in [0.25, 0.3) is 5.57 Å². The van der Waals surface area contributed by atoms with Crippen molar-refractivity contribution in [2.45, 2.75) is 32.0 Å². The maximum Gasteiger partial charge on any atom is 0.523 e. The molecule has 0 aliphatic carbocycles. The van der Waals surface area contributed by atoms with Gasteiger partial charge in [-0.3, -0.25) is 25.0 Å². The van der Waals surface area contributed by atoms with Crippen molar-refractivity contribution in [3.05, 3.63) is 47.6 Å². The first-order valence-electron chi connectivity index (χ1n) is 10.1. The molecule has 1 unspecified atom stereocenters. The van der Waals surface area contributed by atoms with Crippen LogP contribution in [-0.4, -0.2) is 66.8 Å². The lowest BCUT2D eigenvalue weighted by Crippen LogP contribution is -2.36. The third-order valence-electron chi connectivity index (χ3n) is 4.57. The lowest BCUT2D eigenvalue weighted by atomic mass is 10.0. The average Bonchev–Trinajstić information content (AvgIpc) is 2.76. The number of nitrogens with one attached hydrogen (secondary N) is 2. The highest BCUT2D eigenvalue weighted by Gasteiger charge is 2.36. The molecule has 1 saturated heterocycles. The van der Waals surface area contributed by atoms with E-state index in [0.717, 1.165) is 31.4 Å². The first kappa shape index (κ1) is 29.2. The highest BCUT2D eigenvalue weighted by Crippen LogP contribution is 2.22. The Morgan fingerprint density at radius 1 is 1.18 bits per heavy atom. The lowest BCUT2D eigenvalue weighted by molar-refractivity contribution is -0.334. The maximum absolute atomic E-state index is 13.0. The Labute approximate surface area is 193 Å². The van der Waals surface area contributed by atoms with E-state index < -0.39 is 30.0 Å². The van der Waals surface area contributed by atoms with Crippen LogP contribution in [0.4, 0.5) is 26.3 Å². The zero-order valence-electron chi connectivity index (χ0n) is 18.4. The van der Waals surface area contributed by atoms with Gasteiger partial charge in [0.1, 0.15) is 5.49 Å². The van der Waals surface area contributed by atoms with Crippen molar-refractivity contribution < 1.29 is 35.8 Å². The van der Waals surface area contributed by atoms with E-state index in [1.165, 1.54) is 19.1 Å². The summed E-state index contributed by atoms with van der Waals surface area (Å²) in [5.41, 5.74) is 0.00791. The highest BCUT2D eigenvalue weighted by atomic mass is 19.4. The number of hydrogen-bond acceptors (Lipinski definition) is 5. The van der Waals surface area contributed by atoms with Crippen LogP contribution in [0.2, 0.25) is 0 Å². The molecule has 0 bridgehead atoms. The molecule has 0 amide bonds. The molecular weight excluding hydrogens is 466 g/mol. The summed E-state index contributed by atoms with van der Waals surface area (Å²) in [6.07, 6.45) is 2.48. The number of terminal acetylenes is 1. The van der Waals surface area contributed by atoms with Crippen LogP contribution in [0.15, 0.2) is 36.6 Å². The summed E-state index contributed by atoms with van der Waals surface area (Å²) >= 11 is 0. The standard InChI is InChI=1S/C20H24F6N4O2.C2H2/c1-14(32-20(24,25)26)4-5-15(3-2-8-29-9-11-31-12-10-29)16-6-7-17(27)30(13-16)18(28)19(21,22)23;1-2/h3-7,13-14,27-28H,2,8-12H2,1H3;1-2H/b5-4-,15-3+,27-17?,28-18?;. The number of ether oxygens (including phenoxy) is 2. The minimum absolute atomic E-state index is 0.215. The van der Waals surface area contributed by atoms with Crippen molar-refractivity contribution >= 4 is 11.4 Å². The van der Waals surface area contributed by atoms with Crippen molar-refractivity contribution in [2.75, 3.05) is 32.8 Å². The fraction of sp³-hybridized carbons (Fsp3) is 0.455. The normalized spacial score (nSPS) is 16.7. The number of hydrogen-bond donors (Lipinski definition) is 2. The van der Waals surface area contributed by atoms with Crippen LogP contribution in [0.5, 0.6) is 0 Å². The molecule has 1 aliphatic rings. The molecule has 1 atom stereocenters. The van der Waals surface area contributed by atoms with E-state index in [1.54, 1.807) is 6.08 Å². The first-order chi connectivity index (χ1) is 15.9. The van der Waals surface area contributed by atoms with Gasteiger partial charge >= 0.3 is 12.5 Å². The summed E-state index contributed by atoms with van der Waals surface area (Å²) in [6, 6.07) is 2.47. The molecule has 2 heterocycles. The molecule has 1 aromatic rings. The third kappa shape index (κ3) is 9.94. The second-order valence-corrected chi connectivity index (χ2v) is 7.05. The number of morpholine rings is 1. The van der Waals surface area contributed by atoms with Gasteiger partial charge in [-0.25, -0.2) is 0 Å². The molecule has 1 aromatic heterocycles. The molecule has 0 spiro atoms. The van der Waals surface area contributed by atoms with Gasteiger partial charge < -0.3 is 4.74 Å². The molecule has 2 N–H and O–H groups in total. The van der Waals surface area contributed by atoms with E-state index in [4.69, 9.17) is 15.6 Å². The minimum atomic E-state index is -4.97. The van der Waals surface area contributed by atoms with Gasteiger partial charge in [0.2, 0.25) is 5.84 Å². The molecule has 0 radical (unpaired) electrons. The lowest BCUT2D eigenvalue weighted by Gasteiger charge is -2.26. The molecule has 12 heteroatoms. The van der Waals surface area contributed by atoms with E-state index in [9.17, 15) is 26.3 Å². The fourth-order valence-corrected chi connectivity index (χ4v) is 2.99. The Morgan fingerprint density at radius 3 is 2.35 bits per heavy atom. The van der Waals surface area contributed by atoms with Crippen LogP contribution in [0.1, 0.15) is 18.9 Å². The van der Waals surface area contributed by atoms with E-state index >= 15 is 0 Å². The Morgan fingerprint density at radius 2 is 1.79 bits per heavy atom. The van der Waals surface area contributed by atoms with Gasteiger partial charge in [-0.1, -0.05) is 18.2 Å². The second-order valence-electron chi connectivity index (χ2n) is 7.05. The molecule has 6 nitrogen and oxygen atoms in total. The predicted octanol–water partition coefficient (Wildman–Crippen LogP) is 4.19. The summed E-state index contributed by atoms with van der Waals surface area (Å²) in [4.78, 5) is 2.13. The van der Waals surface area contributed by atoms with Crippen molar-refractivity contribution in [2.24, 2.45) is 0 Å². The molecule has 1 fully saturated rings. The molecule has 0 saturated carbocycles. The van der Waals surface area contributed by atoms with Crippen molar-refractivity contribution in [3.63, 3.8) is 0 Å². The van der Waals surface area contributed by atoms with E-state index in [2.05, 4.69) is 22.5 Å². The maximum atomic E-state index is 13.0. The topological polar surface area (TPSA) is 74.3 Å². The van der Waals surface area contributed by atoms with Gasteiger partial charge in [0.25, 0.3) is 0 Å². The number of halogens is 6. The van der Waals surface area contributed by atoms with Crippen LogP contribution >= 0.6 is 0 Å². The van der Waals surface area contributed by atoms with E-state index in [0.29, 0.717) is 36.3 Å². The van der Waals surface area contributed by atoms with Gasteiger partial charge in [0.05, 0.1) is 19.3 Å². The van der Waals surface area contributed by atoms with E-state index in [-0.39, 0.29) is 5.56 Å². The fourth-order valence-electron chi connectivity index (χ4n) is 2.99. The predicted molar refractivity (Wildman–Crippen MR) is 115 cm³/mol. The highest BCUT2D eigenvalue weighted by molar-refractivity contribution is 5.87. The number of pyridine rings is 1. The van der Waals surface area contributed by atoms with E-state index in [1.807, 2.05) is 0 Å². The summed E-state index contributed by atoms with van der Waals surface area (Å²) in [6.45, 7) is 4.45. The molecule has 34 heavy (non-hydrogen) atoms. The number of alkyl halides is 6. The number of aromatic nitrogens is 1. The molecule has 1 aliphatic heterocycles. The molecular formula is C22H26F6N4O2. The minimum Gasteiger partial charge on any atom is -0.379 e. The van der Waals surface area contributed by atoms with Crippen LogP contribution in [0, 0.1) is 23.7 Å². The Balaban J connectivity index is 0.00000281. The Kier molecular flexibility index (Phi) is 11.3. The number of rotatable bonds is 7. The van der Waals surface area contributed by atoms with Crippen LogP contribution in [-0.2, 0) is 9.47 Å². The first-order valence-corrected chi connectivity index (χ1v) is 10.1. The van der Waals surface area contributed by atoms with Crippen molar-refractivity contribution in [3.8, 4) is 12.8 Å². The zero-order chi connectivity index (χ0) is 25.9. The van der Waals surface area contributed by atoms with Gasteiger partial charge in [-0.15, -0.1) is 26.0 Å².